The lowest BCUT2D eigenvalue weighted by Gasteiger charge is -2.35. The molecule has 0 aromatic carbocycles. The van der Waals surface area contributed by atoms with E-state index in [0.717, 1.165) is 34.2 Å². The Balaban J connectivity index is 1.60. The van der Waals surface area contributed by atoms with E-state index in [2.05, 4.69) is 9.88 Å². The quantitative estimate of drug-likeness (QED) is 0.771. The average Bonchev–Trinajstić information content (AvgIpc) is 3.00. The number of esters is 1. The molecule has 0 spiro atoms. The fourth-order valence-corrected chi connectivity index (χ4v) is 3.98. The SMILES string of the molecule is CCOC(=O)c1ccc(N2CCN(C(=O)c3cc(C)sc3C)CC2)nc1. The molecule has 0 bridgehead atoms. The predicted octanol–water partition coefficient (Wildman–Crippen LogP) is 2.90. The van der Waals surface area contributed by atoms with Crippen molar-refractivity contribution in [3.8, 4) is 0 Å². The van der Waals surface area contributed by atoms with E-state index in [0.29, 0.717) is 25.3 Å². The normalized spacial score (nSPS) is 14.4. The first-order valence-corrected chi connectivity index (χ1v) is 9.55. The summed E-state index contributed by atoms with van der Waals surface area (Å²) in [6.07, 6.45) is 1.54. The zero-order valence-electron chi connectivity index (χ0n) is 15.3. The Morgan fingerprint density at radius 3 is 2.46 bits per heavy atom. The number of aromatic nitrogens is 1. The second-order valence-corrected chi connectivity index (χ2v) is 7.69. The van der Waals surface area contributed by atoms with Gasteiger partial charge in [0.2, 0.25) is 0 Å². The molecule has 0 aliphatic carbocycles. The third-order valence-corrected chi connectivity index (χ3v) is 5.39. The number of rotatable bonds is 4. The van der Waals surface area contributed by atoms with E-state index in [4.69, 9.17) is 4.74 Å². The topological polar surface area (TPSA) is 62.7 Å². The van der Waals surface area contributed by atoms with Crippen LogP contribution in [0.15, 0.2) is 24.4 Å². The maximum absolute atomic E-state index is 12.7. The molecular formula is C19H23N3O3S. The Bertz CT molecular complexity index is 793. The molecule has 1 aliphatic rings. The fraction of sp³-hybridized carbons (Fsp3) is 0.421. The third kappa shape index (κ3) is 3.88. The number of nitrogens with zero attached hydrogens (tertiary/aromatic N) is 3. The van der Waals surface area contributed by atoms with E-state index >= 15 is 0 Å². The van der Waals surface area contributed by atoms with Crippen molar-refractivity contribution in [2.24, 2.45) is 0 Å². The van der Waals surface area contributed by atoms with Gasteiger partial charge < -0.3 is 14.5 Å². The molecule has 0 atom stereocenters. The average molecular weight is 373 g/mol. The van der Waals surface area contributed by atoms with Gasteiger partial charge in [0.05, 0.1) is 17.7 Å². The molecule has 0 radical (unpaired) electrons. The number of hydrogen-bond acceptors (Lipinski definition) is 6. The molecule has 1 saturated heterocycles. The molecule has 138 valence electrons. The van der Waals surface area contributed by atoms with E-state index in [1.807, 2.05) is 30.9 Å². The van der Waals surface area contributed by atoms with E-state index < -0.39 is 0 Å². The number of hydrogen-bond donors (Lipinski definition) is 0. The van der Waals surface area contributed by atoms with Crippen LogP contribution in [0.2, 0.25) is 0 Å². The fourth-order valence-electron chi connectivity index (χ4n) is 3.06. The van der Waals surface area contributed by atoms with Crippen LogP contribution >= 0.6 is 11.3 Å². The van der Waals surface area contributed by atoms with Crippen LogP contribution in [-0.4, -0.2) is 54.5 Å². The minimum atomic E-state index is -0.358. The molecule has 1 aliphatic heterocycles. The number of aryl methyl sites for hydroxylation is 2. The van der Waals surface area contributed by atoms with Crippen LogP contribution < -0.4 is 4.90 Å². The highest BCUT2D eigenvalue weighted by Crippen LogP contribution is 2.23. The number of carbonyl (C=O) groups is 2. The summed E-state index contributed by atoms with van der Waals surface area (Å²) in [6, 6.07) is 5.54. The minimum Gasteiger partial charge on any atom is -0.462 e. The monoisotopic (exact) mass is 373 g/mol. The number of amides is 1. The highest BCUT2D eigenvalue weighted by Gasteiger charge is 2.24. The van der Waals surface area contributed by atoms with E-state index in [1.54, 1.807) is 30.5 Å². The van der Waals surface area contributed by atoms with Gasteiger partial charge in [-0.25, -0.2) is 9.78 Å². The molecular weight excluding hydrogens is 350 g/mol. The molecule has 3 rings (SSSR count). The van der Waals surface area contributed by atoms with Crippen molar-refractivity contribution < 1.29 is 14.3 Å². The zero-order chi connectivity index (χ0) is 18.7. The largest absolute Gasteiger partial charge is 0.462 e. The van der Waals surface area contributed by atoms with Crippen molar-refractivity contribution in [3.05, 3.63) is 45.3 Å². The highest BCUT2D eigenvalue weighted by atomic mass is 32.1. The first-order valence-electron chi connectivity index (χ1n) is 8.74. The Kier molecular flexibility index (Phi) is 5.56. The van der Waals surface area contributed by atoms with Crippen molar-refractivity contribution in [1.29, 1.82) is 0 Å². The minimum absolute atomic E-state index is 0.108. The highest BCUT2D eigenvalue weighted by molar-refractivity contribution is 7.12. The van der Waals surface area contributed by atoms with Crippen LogP contribution in [0.3, 0.4) is 0 Å². The molecule has 2 aromatic heterocycles. The molecule has 0 N–H and O–H groups in total. The summed E-state index contributed by atoms with van der Waals surface area (Å²) in [5.74, 6) is 0.563. The lowest BCUT2D eigenvalue weighted by molar-refractivity contribution is 0.0525. The van der Waals surface area contributed by atoms with E-state index in [9.17, 15) is 9.59 Å². The molecule has 3 heterocycles. The Labute approximate surface area is 157 Å². The van der Waals surface area contributed by atoms with Gasteiger partial charge in [-0.05, 0) is 39.0 Å². The van der Waals surface area contributed by atoms with Gasteiger partial charge in [-0.2, -0.15) is 0 Å². The molecule has 6 nitrogen and oxygen atoms in total. The predicted molar refractivity (Wildman–Crippen MR) is 102 cm³/mol. The summed E-state index contributed by atoms with van der Waals surface area (Å²) in [5, 5.41) is 0. The van der Waals surface area contributed by atoms with Crippen LogP contribution in [0.5, 0.6) is 0 Å². The van der Waals surface area contributed by atoms with Gasteiger partial charge in [0, 0.05) is 42.1 Å². The summed E-state index contributed by atoms with van der Waals surface area (Å²) < 4.78 is 4.97. The second kappa shape index (κ2) is 7.86. The van der Waals surface area contributed by atoms with Crippen LogP contribution in [0.25, 0.3) is 0 Å². The Hall–Kier alpha value is -2.41. The molecule has 1 fully saturated rings. The smallest absolute Gasteiger partial charge is 0.339 e. The number of piperazine rings is 1. The van der Waals surface area contributed by atoms with Crippen molar-refractivity contribution in [3.63, 3.8) is 0 Å². The molecule has 0 saturated carbocycles. The lowest BCUT2D eigenvalue weighted by atomic mass is 10.2. The Morgan fingerprint density at radius 2 is 1.92 bits per heavy atom. The maximum atomic E-state index is 12.7. The summed E-state index contributed by atoms with van der Waals surface area (Å²) in [7, 11) is 0. The van der Waals surface area contributed by atoms with Gasteiger partial charge in [-0.3, -0.25) is 4.79 Å². The van der Waals surface area contributed by atoms with Gasteiger partial charge in [-0.15, -0.1) is 11.3 Å². The standard InChI is InChI=1S/C19H23N3O3S/c1-4-25-19(24)15-5-6-17(20-12-15)21-7-9-22(10-8-21)18(23)16-11-13(2)26-14(16)3/h5-6,11-12H,4,7-10H2,1-3H3. The number of thiophene rings is 1. The van der Waals surface area contributed by atoms with E-state index in [-0.39, 0.29) is 11.9 Å². The lowest BCUT2D eigenvalue weighted by Crippen LogP contribution is -2.49. The number of ether oxygens (including phenoxy) is 1. The molecule has 2 aromatic rings. The summed E-state index contributed by atoms with van der Waals surface area (Å²) >= 11 is 1.66. The van der Waals surface area contributed by atoms with Gasteiger partial charge >= 0.3 is 5.97 Å². The summed E-state index contributed by atoms with van der Waals surface area (Å²) in [6.45, 7) is 8.91. The van der Waals surface area contributed by atoms with Crippen LogP contribution in [0.1, 0.15) is 37.4 Å². The second-order valence-electron chi connectivity index (χ2n) is 6.23. The first-order chi connectivity index (χ1) is 12.5. The molecule has 0 unspecified atom stereocenters. The van der Waals surface area contributed by atoms with Gasteiger partial charge in [0.25, 0.3) is 5.91 Å². The summed E-state index contributed by atoms with van der Waals surface area (Å²) in [4.78, 5) is 35.0. The third-order valence-electron chi connectivity index (χ3n) is 4.42. The van der Waals surface area contributed by atoms with Gasteiger partial charge in [0.1, 0.15) is 5.82 Å². The number of carbonyl (C=O) groups excluding carboxylic acids is 2. The van der Waals surface area contributed by atoms with Crippen molar-refractivity contribution in [1.82, 2.24) is 9.88 Å². The summed E-state index contributed by atoms with van der Waals surface area (Å²) in [5.41, 5.74) is 1.27. The van der Waals surface area contributed by atoms with Crippen molar-refractivity contribution in [2.75, 3.05) is 37.7 Å². The van der Waals surface area contributed by atoms with Crippen molar-refractivity contribution >= 4 is 29.0 Å². The number of pyridine rings is 1. The van der Waals surface area contributed by atoms with Gasteiger partial charge in [0.15, 0.2) is 0 Å². The van der Waals surface area contributed by atoms with Gasteiger partial charge in [-0.1, -0.05) is 0 Å². The van der Waals surface area contributed by atoms with Crippen LogP contribution in [0, 0.1) is 13.8 Å². The van der Waals surface area contributed by atoms with Crippen molar-refractivity contribution in [2.45, 2.75) is 20.8 Å². The zero-order valence-corrected chi connectivity index (χ0v) is 16.1. The maximum Gasteiger partial charge on any atom is 0.339 e. The molecule has 26 heavy (non-hydrogen) atoms. The van der Waals surface area contributed by atoms with Crippen LogP contribution in [-0.2, 0) is 4.74 Å². The number of anilines is 1. The van der Waals surface area contributed by atoms with Crippen LogP contribution in [0.4, 0.5) is 5.82 Å². The first kappa shape index (κ1) is 18.4. The molecule has 1 amide bonds. The Morgan fingerprint density at radius 1 is 1.19 bits per heavy atom. The van der Waals surface area contributed by atoms with E-state index in [1.165, 1.54) is 0 Å². The molecule has 7 heteroatoms.